The summed E-state index contributed by atoms with van der Waals surface area (Å²) in [4.78, 5) is 16.2. The van der Waals surface area contributed by atoms with Crippen LogP contribution in [0.3, 0.4) is 0 Å². The normalized spacial score (nSPS) is 10.5. The number of para-hydroxylation sites is 1. The highest BCUT2D eigenvalue weighted by atomic mass is 16.6. The fraction of sp³-hybridized carbons (Fsp3) is 0.318. The molecular weight excluding hydrogens is 388 g/mol. The van der Waals surface area contributed by atoms with Gasteiger partial charge in [0.15, 0.2) is 6.61 Å². The molecule has 0 saturated heterocycles. The van der Waals surface area contributed by atoms with E-state index in [1.54, 1.807) is 7.11 Å². The van der Waals surface area contributed by atoms with Gasteiger partial charge in [-0.15, -0.1) is 0 Å². The SMILES string of the molecule is CCOc1ccccc1-c1noc(COC(=O)CCCOc2ccc(OC)cc2)n1. The number of carbonyl (C=O) groups excluding carboxylic acids is 1. The van der Waals surface area contributed by atoms with E-state index in [1.807, 2.05) is 55.5 Å². The predicted octanol–water partition coefficient (Wildman–Crippen LogP) is 4.05. The maximum absolute atomic E-state index is 11.9. The fourth-order valence-corrected chi connectivity index (χ4v) is 2.65. The fourth-order valence-electron chi connectivity index (χ4n) is 2.65. The number of esters is 1. The first-order valence-electron chi connectivity index (χ1n) is 9.67. The molecule has 0 saturated carbocycles. The third-order valence-corrected chi connectivity index (χ3v) is 4.11. The molecule has 0 amide bonds. The number of methoxy groups -OCH3 is 1. The van der Waals surface area contributed by atoms with E-state index in [0.717, 1.165) is 17.1 Å². The minimum absolute atomic E-state index is 0.0814. The summed E-state index contributed by atoms with van der Waals surface area (Å²) in [7, 11) is 1.61. The van der Waals surface area contributed by atoms with Crippen molar-refractivity contribution in [3.8, 4) is 28.6 Å². The molecule has 1 aromatic heterocycles. The van der Waals surface area contributed by atoms with Gasteiger partial charge >= 0.3 is 5.97 Å². The highest BCUT2D eigenvalue weighted by Crippen LogP contribution is 2.27. The summed E-state index contributed by atoms with van der Waals surface area (Å²) in [6.45, 7) is 2.75. The van der Waals surface area contributed by atoms with Crippen molar-refractivity contribution in [1.82, 2.24) is 10.1 Å². The lowest BCUT2D eigenvalue weighted by Gasteiger charge is -2.07. The lowest BCUT2D eigenvalue weighted by Crippen LogP contribution is -2.07. The van der Waals surface area contributed by atoms with Crippen LogP contribution in [-0.4, -0.2) is 36.4 Å². The van der Waals surface area contributed by atoms with E-state index in [9.17, 15) is 4.79 Å². The number of carbonyl (C=O) groups is 1. The number of rotatable bonds is 11. The van der Waals surface area contributed by atoms with Crippen LogP contribution < -0.4 is 14.2 Å². The lowest BCUT2D eigenvalue weighted by atomic mass is 10.2. The number of hydrogen-bond acceptors (Lipinski definition) is 8. The topological polar surface area (TPSA) is 92.9 Å². The van der Waals surface area contributed by atoms with Gasteiger partial charge in [0.2, 0.25) is 5.82 Å². The molecule has 3 aromatic rings. The number of hydrogen-bond donors (Lipinski definition) is 0. The number of nitrogens with zero attached hydrogens (tertiary/aromatic N) is 2. The van der Waals surface area contributed by atoms with Crippen LogP contribution in [0, 0.1) is 0 Å². The summed E-state index contributed by atoms with van der Waals surface area (Å²) >= 11 is 0. The monoisotopic (exact) mass is 412 g/mol. The lowest BCUT2D eigenvalue weighted by molar-refractivity contribution is -0.146. The van der Waals surface area contributed by atoms with Crippen LogP contribution in [0.5, 0.6) is 17.2 Å². The van der Waals surface area contributed by atoms with Gasteiger partial charge in [-0.1, -0.05) is 17.3 Å². The quantitative estimate of drug-likeness (QED) is 0.344. The van der Waals surface area contributed by atoms with Gasteiger partial charge in [0.1, 0.15) is 17.2 Å². The van der Waals surface area contributed by atoms with Crippen LogP contribution in [0.2, 0.25) is 0 Å². The van der Waals surface area contributed by atoms with Gasteiger partial charge in [-0.05, 0) is 49.7 Å². The first-order chi connectivity index (χ1) is 14.7. The molecule has 0 bridgehead atoms. The highest BCUT2D eigenvalue weighted by Gasteiger charge is 2.14. The maximum Gasteiger partial charge on any atom is 0.306 e. The maximum atomic E-state index is 11.9. The second kappa shape index (κ2) is 10.8. The molecule has 3 rings (SSSR count). The van der Waals surface area contributed by atoms with Crippen molar-refractivity contribution >= 4 is 5.97 Å². The van der Waals surface area contributed by atoms with Crippen molar-refractivity contribution in [3.05, 3.63) is 54.4 Å². The van der Waals surface area contributed by atoms with Crippen LogP contribution in [-0.2, 0) is 16.1 Å². The van der Waals surface area contributed by atoms with Gasteiger partial charge in [-0.3, -0.25) is 4.79 Å². The van der Waals surface area contributed by atoms with Crippen LogP contribution in [0.25, 0.3) is 11.4 Å². The molecule has 0 radical (unpaired) electrons. The van der Waals surface area contributed by atoms with Crippen LogP contribution >= 0.6 is 0 Å². The van der Waals surface area contributed by atoms with E-state index in [-0.39, 0.29) is 24.9 Å². The standard InChI is InChI=1S/C22H24N2O6/c1-3-27-19-8-5-4-7-18(19)22-23-20(30-24-22)15-29-21(25)9-6-14-28-17-12-10-16(26-2)11-13-17/h4-5,7-8,10-13H,3,6,9,14-15H2,1-2H3. The Bertz CT molecular complexity index is 939. The molecule has 0 aliphatic rings. The molecule has 0 fully saturated rings. The van der Waals surface area contributed by atoms with Crippen molar-refractivity contribution in [1.29, 1.82) is 0 Å². The Hall–Kier alpha value is -3.55. The Morgan fingerprint density at radius 3 is 2.57 bits per heavy atom. The summed E-state index contributed by atoms with van der Waals surface area (Å²) in [6.07, 6.45) is 0.756. The molecule has 0 atom stereocenters. The van der Waals surface area contributed by atoms with E-state index in [4.69, 9.17) is 23.5 Å². The van der Waals surface area contributed by atoms with Gasteiger partial charge in [0, 0.05) is 6.42 Å². The van der Waals surface area contributed by atoms with E-state index in [1.165, 1.54) is 0 Å². The second-order valence-electron chi connectivity index (χ2n) is 6.23. The van der Waals surface area contributed by atoms with Gasteiger partial charge in [0.25, 0.3) is 5.89 Å². The van der Waals surface area contributed by atoms with E-state index < -0.39 is 0 Å². The van der Waals surface area contributed by atoms with E-state index in [2.05, 4.69) is 10.1 Å². The van der Waals surface area contributed by atoms with Crippen molar-refractivity contribution in [2.24, 2.45) is 0 Å². The molecule has 2 aromatic carbocycles. The second-order valence-corrected chi connectivity index (χ2v) is 6.23. The molecule has 30 heavy (non-hydrogen) atoms. The van der Waals surface area contributed by atoms with E-state index >= 15 is 0 Å². The average molecular weight is 412 g/mol. The van der Waals surface area contributed by atoms with Gasteiger partial charge in [-0.2, -0.15) is 4.98 Å². The first kappa shape index (κ1) is 21.2. The molecular formula is C22H24N2O6. The molecule has 0 aliphatic heterocycles. The zero-order valence-corrected chi connectivity index (χ0v) is 17.0. The highest BCUT2D eigenvalue weighted by molar-refractivity contribution is 5.69. The van der Waals surface area contributed by atoms with Gasteiger partial charge in [0.05, 0.1) is 25.9 Å². The number of aromatic nitrogens is 2. The smallest absolute Gasteiger partial charge is 0.306 e. The van der Waals surface area contributed by atoms with Crippen molar-refractivity contribution in [2.45, 2.75) is 26.4 Å². The molecule has 0 unspecified atom stereocenters. The first-order valence-corrected chi connectivity index (χ1v) is 9.67. The predicted molar refractivity (Wildman–Crippen MR) is 108 cm³/mol. The van der Waals surface area contributed by atoms with Crippen LogP contribution in [0.4, 0.5) is 0 Å². The van der Waals surface area contributed by atoms with Crippen molar-refractivity contribution < 1.29 is 28.3 Å². The van der Waals surface area contributed by atoms with Gasteiger partial charge in [-0.25, -0.2) is 0 Å². The third-order valence-electron chi connectivity index (χ3n) is 4.11. The molecule has 8 heteroatoms. The molecule has 1 heterocycles. The Kier molecular flexibility index (Phi) is 7.65. The zero-order valence-electron chi connectivity index (χ0n) is 17.0. The summed E-state index contributed by atoms with van der Waals surface area (Å²) in [5.74, 6) is 2.40. The van der Waals surface area contributed by atoms with E-state index in [0.29, 0.717) is 31.2 Å². The van der Waals surface area contributed by atoms with Crippen molar-refractivity contribution in [2.75, 3.05) is 20.3 Å². The minimum Gasteiger partial charge on any atom is -0.497 e. The number of benzene rings is 2. The summed E-state index contributed by atoms with van der Waals surface area (Å²) in [6, 6.07) is 14.7. The summed E-state index contributed by atoms with van der Waals surface area (Å²) < 4.78 is 26.6. The van der Waals surface area contributed by atoms with Crippen LogP contribution in [0.1, 0.15) is 25.7 Å². The minimum atomic E-state index is -0.359. The average Bonchev–Trinajstić information content (AvgIpc) is 3.25. The third kappa shape index (κ3) is 5.97. The molecule has 0 N–H and O–H groups in total. The molecule has 158 valence electrons. The Balaban J connectivity index is 1.41. The van der Waals surface area contributed by atoms with Crippen molar-refractivity contribution in [3.63, 3.8) is 0 Å². The van der Waals surface area contributed by atoms with Gasteiger partial charge < -0.3 is 23.5 Å². The Morgan fingerprint density at radius 2 is 1.80 bits per heavy atom. The number of ether oxygens (including phenoxy) is 4. The molecule has 0 spiro atoms. The Morgan fingerprint density at radius 1 is 1.03 bits per heavy atom. The summed E-state index contributed by atoms with van der Waals surface area (Å²) in [5, 5.41) is 3.94. The molecule has 0 aliphatic carbocycles. The Labute approximate surface area is 174 Å². The largest absolute Gasteiger partial charge is 0.497 e. The molecule has 8 nitrogen and oxygen atoms in total. The summed E-state index contributed by atoms with van der Waals surface area (Å²) in [5.41, 5.74) is 0.719. The van der Waals surface area contributed by atoms with Crippen LogP contribution in [0.15, 0.2) is 53.1 Å². The zero-order chi connectivity index (χ0) is 21.2.